The van der Waals surface area contributed by atoms with E-state index in [1.54, 1.807) is 12.3 Å². The third-order valence-corrected chi connectivity index (χ3v) is 6.97. The van der Waals surface area contributed by atoms with Crippen LogP contribution in [-0.4, -0.2) is 35.9 Å². The molecule has 0 saturated heterocycles. The van der Waals surface area contributed by atoms with Gasteiger partial charge in [-0.2, -0.15) is 10.2 Å². The second kappa shape index (κ2) is 8.61. The number of halogens is 1. The molecule has 35 heavy (non-hydrogen) atoms. The lowest BCUT2D eigenvalue weighted by atomic mass is 9.54. The summed E-state index contributed by atoms with van der Waals surface area (Å²) in [5, 5.41) is 14.3. The molecule has 1 atom stereocenters. The monoisotopic (exact) mass is 474 g/mol. The highest BCUT2D eigenvalue weighted by atomic mass is 19.1. The van der Waals surface area contributed by atoms with Crippen LogP contribution in [0.4, 0.5) is 16.0 Å². The average Bonchev–Trinajstić information content (AvgIpc) is 3.40. The molecule has 4 aromatic rings. The molecular weight excluding hydrogens is 447 g/mol. The van der Waals surface area contributed by atoms with Gasteiger partial charge in [0.15, 0.2) is 17.5 Å². The molecule has 5 rings (SSSR count). The molecule has 180 valence electrons. The van der Waals surface area contributed by atoms with E-state index in [1.807, 2.05) is 39.0 Å². The fourth-order valence-corrected chi connectivity index (χ4v) is 4.91. The second-order valence-corrected chi connectivity index (χ2v) is 9.42. The molecule has 9 nitrogen and oxygen atoms in total. The molecule has 0 aromatic carbocycles. The number of aryl methyl sites for hydroxylation is 2. The van der Waals surface area contributed by atoms with Crippen molar-refractivity contribution in [3.05, 3.63) is 77.3 Å². The Balaban J connectivity index is 1.34. The van der Waals surface area contributed by atoms with Gasteiger partial charge in [-0.15, -0.1) is 0 Å². The number of nitrogens with zero attached hydrogens (tertiary/aromatic N) is 5. The Morgan fingerprint density at radius 3 is 2.63 bits per heavy atom. The van der Waals surface area contributed by atoms with Crippen molar-refractivity contribution in [2.24, 2.45) is 11.1 Å². The minimum Gasteiger partial charge on any atom is -0.369 e. The summed E-state index contributed by atoms with van der Waals surface area (Å²) in [5.74, 6) is 1.14. The summed E-state index contributed by atoms with van der Waals surface area (Å²) in [6.07, 6.45) is 5.31. The first-order valence-corrected chi connectivity index (χ1v) is 11.5. The lowest BCUT2D eigenvalue weighted by Crippen LogP contribution is -2.50. The van der Waals surface area contributed by atoms with Gasteiger partial charge in [0, 0.05) is 29.6 Å². The number of hydrogen-bond acceptors (Lipinski definition) is 6. The highest BCUT2D eigenvalue weighted by Gasteiger charge is 2.53. The van der Waals surface area contributed by atoms with E-state index in [0.29, 0.717) is 30.3 Å². The molecule has 1 amide bonds. The van der Waals surface area contributed by atoms with Crippen molar-refractivity contribution in [3.8, 4) is 5.82 Å². The Bertz CT molecular complexity index is 1370. The first-order valence-electron chi connectivity index (χ1n) is 11.5. The number of aromatic nitrogens is 6. The van der Waals surface area contributed by atoms with Crippen molar-refractivity contribution in [1.82, 2.24) is 29.9 Å². The Morgan fingerprint density at radius 2 is 2.03 bits per heavy atom. The molecule has 1 fully saturated rings. The van der Waals surface area contributed by atoms with E-state index >= 15 is 0 Å². The first kappa shape index (κ1) is 22.7. The fourth-order valence-electron chi connectivity index (χ4n) is 4.91. The van der Waals surface area contributed by atoms with E-state index < -0.39 is 11.2 Å². The zero-order valence-electron chi connectivity index (χ0n) is 19.8. The maximum Gasteiger partial charge on any atom is 0.224 e. The van der Waals surface area contributed by atoms with Crippen molar-refractivity contribution < 1.29 is 9.18 Å². The number of nitrogens with two attached hydrogens (primary N) is 1. The number of primary amides is 1. The molecule has 0 unspecified atom stereocenters. The smallest absolute Gasteiger partial charge is 0.224 e. The van der Waals surface area contributed by atoms with E-state index in [-0.39, 0.29) is 17.7 Å². The van der Waals surface area contributed by atoms with Crippen LogP contribution in [0.25, 0.3) is 5.82 Å². The molecule has 0 spiro atoms. The topological polar surface area (TPSA) is 127 Å². The molecule has 1 aliphatic carbocycles. The van der Waals surface area contributed by atoms with Crippen LogP contribution in [0.5, 0.6) is 0 Å². The van der Waals surface area contributed by atoms with Gasteiger partial charge in [0.2, 0.25) is 5.91 Å². The van der Waals surface area contributed by atoms with Gasteiger partial charge in [-0.25, -0.2) is 19.0 Å². The van der Waals surface area contributed by atoms with Crippen molar-refractivity contribution in [2.45, 2.75) is 45.4 Å². The molecule has 0 aliphatic heterocycles. The van der Waals surface area contributed by atoms with Crippen molar-refractivity contribution >= 4 is 17.5 Å². The quantitative estimate of drug-likeness (QED) is 0.371. The second-order valence-electron chi connectivity index (χ2n) is 9.42. The van der Waals surface area contributed by atoms with E-state index in [1.165, 1.54) is 10.9 Å². The standard InChI is InChI=1S/C25H27FN8O/c1-14-6-20(30-21(7-14)31-22-8-15(2)32-33-22)18-9-25(10-18,24(27)35)16(3)17-4-5-23(28-11-17)34-13-19(26)12-29-34/h4-8,11-13,16,18H,9-10H2,1-3H3,(H2,27,35)(H2,30,31,32,33)/t16-,18?,25?/m0/s1. The van der Waals surface area contributed by atoms with Gasteiger partial charge < -0.3 is 11.1 Å². The van der Waals surface area contributed by atoms with Gasteiger partial charge in [-0.05, 0) is 61.9 Å². The molecular formula is C25H27FN8O. The summed E-state index contributed by atoms with van der Waals surface area (Å²) >= 11 is 0. The normalized spacial score (nSPS) is 20.3. The molecule has 10 heteroatoms. The molecule has 4 N–H and O–H groups in total. The van der Waals surface area contributed by atoms with Crippen LogP contribution >= 0.6 is 0 Å². The Kier molecular flexibility index (Phi) is 5.58. The summed E-state index contributed by atoms with van der Waals surface area (Å²) in [6, 6.07) is 9.59. The Labute approximate surface area is 202 Å². The zero-order valence-corrected chi connectivity index (χ0v) is 19.8. The summed E-state index contributed by atoms with van der Waals surface area (Å²) in [6.45, 7) is 5.96. The Hall–Kier alpha value is -4.08. The number of pyridine rings is 2. The summed E-state index contributed by atoms with van der Waals surface area (Å²) in [5.41, 5.74) is 9.10. The lowest BCUT2D eigenvalue weighted by Gasteiger charge is -2.49. The number of anilines is 2. The number of H-pyrrole nitrogens is 1. The average molecular weight is 475 g/mol. The molecule has 0 radical (unpaired) electrons. The summed E-state index contributed by atoms with van der Waals surface area (Å²) in [7, 11) is 0. The van der Waals surface area contributed by atoms with Gasteiger partial charge >= 0.3 is 0 Å². The van der Waals surface area contributed by atoms with Crippen molar-refractivity contribution in [2.75, 3.05) is 5.32 Å². The predicted molar refractivity (Wildman–Crippen MR) is 129 cm³/mol. The Morgan fingerprint density at radius 1 is 1.23 bits per heavy atom. The summed E-state index contributed by atoms with van der Waals surface area (Å²) in [4.78, 5) is 21.9. The van der Waals surface area contributed by atoms with Crippen LogP contribution < -0.4 is 11.1 Å². The molecule has 4 aromatic heterocycles. The SMILES string of the molecule is Cc1cc(Nc2cc(C)[nH]n2)nc(C2CC(C(N)=O)([C@@H](C)c3ccc(-n4cc(F)cn4)nc3)C2)c1. The molecule has 1 aliphatic rings. The number of nitrogens with one attached hydrogen (secondary N) is 2. The molecule has 4 heterocycles. The maximum atomic E-state index is 13.3. The third-order valence-electron chi connectivity index (χ3n) is 6.97. The van der Waals surface area contributed by atoms with Gasteiger partial charge in [0.05, 0.1) is 17.8 Å². The molecule has 1 saturated carbocycles. The fraction of sp³-hybridized carbons (Fsp3) is 0.320. The van der Waals surface area contributed by atoms with Gasteiger partial charge in [0.1, 0.15) is 5.82 Å². The lowest BCUT2D eigenvalue weighted by molar-refractivity contribution is -0.135. The van der Waals surface area contributed by atoms with Gasteiger partial charge in [-0.1, -0.05) is 13.0 Å². The largest absolute Gasteiger partial charge is 0.369 e. The third kappa shape index (κ3) is 4.27. The number of hydrogen-bond donors (Lipinski definition) is 3. The van der Waals surface area contributed by atoms with E-state index in [9.17, 15) is 9.18 Å². The minimum atomic E-state index is -0.690. The first-order chi connectivity index (χ1) is 16.7. The van der Waals surface area contributed by atoms with Crippen LogP contribution in [0.1, 0.15) is 54.1 Å². The van der Waals surface area contributed by atoms with Crippen molar-refractivity contribution in [3.63, 3.8) is 0 Å². The predicted octanol–water partition coefficient (Wildman–Crippen LogP) is 4.04. The van der Waals surface area contributed by atoms with Crippen LogP contribution in [0.15, 0.2) is 48.9 Å². The van der Waals surface area contributed by atoms with Crippen LogP contribution in [0.3, 0.4) is 0 Å². The van der Waals surface area contributed by atoms with Gasteiger partial charge in [0.25, 0.3) is 0 Å². The molecule has 0 bridgehead atoms. The highest BCUT2D eigenvalue weighted by Crippen LogP contribution is 2.58. The minimum absolute atomic E-state index is 0.116. The van der Waals surface area contributed by atoms with E-state index in [4.69, 9.17) is 10.7 Å². The number of carbonyl (C=O) groups is 1. The number of rotatable bonds is 7. The maximum absolute atomic E-state index is 13.3. The van der Waals surface area contributed by atoms with E-state index in [2.05, 4.69) is 31.7 Å². The number of aromatic amines is 1. The van der Waals surface area contributed by atoms with Crippen molar-refractivity contribution in [1.29, 1.82) is 0 Å². The van der Waals surface area contributed by atoms with E-state index in [0.717, 1.165) is 28.7 Å². The van der Waals surface area contributed by atoms with Crippen LogP contribution in [0, 0.1) is 25.1 Å². The van der Waals surface area contributed by atoms with Crippen LogP contribution in [0.2, 0.25) is 0 Å². The zero-order chi connectivity index (χ0) is 24.7. The summed E-state index contributed by atoms with van der Waals surface area (Å²) < 4.78 is 14.6. The highest BCUT2D eigenvalue weighted by molar-refractivity contribution is 5.83. The van der Waals surface area contributed by atoms with Gasteiger partial charge in [-0.3, -0.25) is 9.89 Å². The van der Waals surface area contributed by atoms with Crippen LogP contribution in [-0.2, 0) is 4.79 Å². The number of carbonyl (C=O) groups excluding carboxylic acids is 1. The number of amides is 1.